The molecule has 5 nitrogen and oxygen atoms in total. The SMILES string of the molecule is N=C(N)N=C1N=C2C=CC(Cl)(Cl)C=C2N1. The predicted octanol–water partition coefficient (Wildman–Crippen LogP) is 0.908. The number of halogens is 2. The summed E-state index contributed by atoms with van der Waals surface area (Å²) >= 11 is 11.8. The van der Waals surface area contributed by atoms with Crippen LogP contribution in [0, 0.1) is 5.41 Å². The minimum absolute atomic E-state index is 0.263. The molecule has 0 fully saturated rings. The first-order valence-corrected chi connectivity index (χ1v) is 4.81. The molecule has 2 aliphatic rings. The molecule has 1 aliphatic heterocycles. The summed E-state index contributed by atoms with van der Waals surface area (Å²) in [6.45, 7) is 0. The first kappa shape index (κ1) is 10.2. The number of allylic oxidation sites excluding steroid dienone is 3. The van der Waals surface area contributed by atoms with E-state index in [-0.39, 0.29) is 11.9 Å². The third-order valence-corrected chi connectivity index (χ3v) is 2.25. The fourth-order valence-electron chi connectivity index (χ4n) is 1.22. The van der Waals surface area contributed by atoms with Crippen molar-refractivity contribution in [2.75, 3.05) is 0 Å². The summed E-state index contributed by atoms with van der Waals surface area (Å²) in [6, 6.07) is 0. The Morgan fingerprint density at radius 1 is 1.60 bits per heavy atom. The number of guanidine groups is 2. The normalized spacial score (nSPS) is 24.3. The van der Waals surface area contributed by atoms with Gasteiger partial charge in [0.25, 0.3) is 0 Å². The highest BCUT2D eigenvalue weighted by Gasteiger charge is 2.27. The smallest absolute Gasteiger partial charge is 0.231 e. The number of nitrogens with two attached hydrogens (primary N) is 1. The second-order valence-corrected chi connectivity index (χ2v) is 4.45. The number of rotatable bonds is 0. The van der Waals surface area contributed by atoms with Crippen molar-refractivity contribution in [3.63, 3.8) is 0 Å². The zero-order valence-corrected chi connectivity index (χ0v) is 8.97. The maximum absolute atomic E-state index is 6.99. The highest BCUT2D eigenvalue weighted by Crippen LogP contribution is 2.30. The van der Waals surface area contributed by atoms with E-state index in [0.717, 1.165) is 0 Å². The molecule has 0 radical (unpaired) electrons. The third-order valence-electron chi connectivity index (χ3n) is 1.78. The van der Waals surface area contributed by atoms with Gasteiger partial charge in [0.2, 0.25) is 11.9 Å². The number of alkyl halides is 2. The lowest BCUT2D eigenvalue weighted by molar-refractivity contribution is 1.15. The molecule has 0 saturated heterocycles. The van der Waals surface area contributed by atoms with Crippen molar-refractivity contribution in [1.82, 2.24) is 5.32 Å². The Bertz CT molecular complexity index is 444. The maximum Gasteiger partial charge on any atom is 0.231 e. The lowest BCUT2D eigenvalue weighted by Crippen LogP contribution is -2.23. The molecule has 0 aromatic carbocycles. The topological polar surface area (TPSA) is 86.6 Å². The van der Waals surface area contributed by atoms with E-state index in [4.69, 9.17) is 34.3 Å². The van der Waals surface area contributed by atoms with Gasteiger partial charge >= 0.3 is 0 Å². The summed E-state index contributed by atoms with van der Waals surface area (Å²) in [4.78, 5) is 7.74. The molecule has 0 unspecified atom stereocenters. The van der Waals surface area contributed by atoms with Crippen molar-refractivity contribution in [1.29, 1.82) is 5.41 Å². The Kier molecular flexibility index (Phi) is 2.28. The van der Waals surface area contributed by atoms with Crippen molar-refractivity contribution in [3.8, 4) is 0 Å². The number of nitrogens with one attached hydrogen (secondary N) is 2. The zero-order valence-electron chi connectivity index (χ0n) is 7.46. The van der Waals surface area contributed by atoms with E-state index in [1.807, 2.05) is 0 Å². The molecule has 0 aromatic heterocycles. The molecule has 0 atom stereocenters. The van der Waals surface area contributed by atoms with Crippen LogP contribution in [0.2, 0.25) is 0 Å². The van der Waals surface area contributed by atoms with E-state index in [0.29, 0.717) is 11.4 Å². The summed E-state index contributed by atoms with van der Waals surface area (Å²) in [5, 5.41) is 9.84. The van der Waals surface area contributed by atoms with Crippen LogP contribution in [0.25, 0.3) is 0 Å². The van der Waals surface area contributed by atoms with E-state index in [1.165, 1.54) is 0 Å². The molecule has 1 heterocycles. The van der Waals surface area contributed by atoms with Gasteiger partial charge in [0.15, 0.2) is 4.33 Å². The van der Waals surface area contributed by atoms with E-state index in [1.54, 1.807) is 18.2 Å². The zero-order chi connectivity index (χ0) is 11.1. The van der Waals surface area contributed by atoms with Gasteiger partial charge in [-0.3, -0.25) is 5.41 Å². The number of aliphatic imine (C=N–C) groups is 2. The average Bonchev–Trinajstić information content (AvgIpc) is 2.42. The van der Waals surface area contributed by atoms with Crippen LogP contribution in [0.1, 0.15) is 0 Å². The lowest BCUT2D eigenvalue weighted by atomic mass is 10.1. The molecule has 0 spiro atoms. The van der Waals surface area contributed by atoms with Gasteiger partial charge in [0.05, 0.1) is 11.4 Å². The largest absolute Gasteiger partial charge is 0.368 e. The van der Waals surface area contributed by atoms with Crippen LogP contribution in [-0.4, -0.2) is 22.0 Å². The van der Waals surface area contributed by atoms with E-state index in [2.05, 4.69) is 15.3 Å². The maximum atomic E-state index is 6.99. The summed E-state index contributed by atoms with van der Waals surface area (Å²) in [7, 11) is 0. The molecule has 1 aliphatic carbocycles. The first-order chi connectivity index (χ1) is 6.96. The number of nitrogens with zero attached hydrogens (tertiary/aromatic N) is 2. The van der Waals surface area contributed by atoms with Gasteiger partial charge in [-0.2, -0.15) is 4.99 Å². The second kappa shape index (κ2) is 3.36. The van der Waals surface area contributed by atoms with Crippen molar-refractivity contribution in [3.05, 3.63) is 23.9 Å². The molecule has 0 aromatic rings. The number of hydrogen-bond donors (Lipinski definition) is 3. The highest BCUT2D eigenvalue weighted by molar-refractivity contribution is 6.52. The van der Waals surface area contributed by atoms with Gasteiger partial charge in [-0.05, 0) is 18.2 Å². The van der Waals surface area contributed by atoms with Gasteiger partial charge < -0.3 is 11.1 Å². The molecule has 7 heteroatoms. The number of fused-ring (bicyclic) bond motifs is 1. The van der Waals surface area contributed by atoms with Crippen LogP contribution >= 0.6 is 23.2 Å². The molecule has 78 valence electrons. The monoisotopic (exact) mass is 243 g/mol. The van der Waals surface area contributed by atoms with Crippen LogP contribution in [0.15, 0.2) is 33.9 Å². The van der Waals surface area contributed by atoms with Crippen molar-refractivity contribution < 1.29 is 0 Å². The van der Waals surface area contributed by atoms with Crippen molar-refractivity contribution in [2.24, 2.45) is 15.7 Å². The minimum atomic E-state index is -1.03. The molecular weight excluding hydrogens is 237 g/mol. The molecule has 0 amide bonds. The van der Waals surface area contributed by atoms with Gasteiger partial charge in [-0.25, -0.2) is 4.99 Å². The van der Waals surface area contributed by atoms with Gasteiger partial charge in [0.1, 0.15) is 0 Å². The van der Waals surface area contributed by atoms with Gasteiger partial charge in [0, 0.05) is 0 Å². The lowest BCUT2D eigenvalue weighted by Gasteiger charge is -2.15. The van der Waals surface area contributed by atoms with Gasteiger partial charge in [-0.15, -0.1) is 0 Å². The van der Waals surface area contributed by atoms with Crippen molar-refractivity contribution in [2.45, 2.75) is 4.33 Å². The Hall–Kier alpha value is -1.33. The second-order valence-electron chi connectivity index (χ2n) is 3.01. The van der Waals surface area contributed by atoms with E-state index >= 15 is 0 Å². The molecule has 15 heavy (non-hydrogen) atoms. The molecule has 0 bridgehead atoms. The standard InChI is InChI=1S/C8H7Cl2N5/c9-8(10)2-1-4-5(3-8)14-7(13-4)15-6(11)12/h1-3H,(H4,11,12,14,15). The Labute approximate surface area is 95.9 Å². The Morgan fingerprint density at radius 3 is 3.00 bits per heavy atom. The predicted molar refractivity (Wildman–Crippen MR) is 61.6 cm³/mol. The highest BCUT2D eigenvalue weighted by atomic mass is 35.5. The van der Waals surface area contributed by atoms with Crippen molar-refractivity contribution >= 4 is 40.8 Å². The van der Waals surface area contributed by atoms with Crippen LogP contribution < -0.4 is 11.1 Å². The first-order valence-electron chi connectivity index (χ1n) is 4.05. The van der Waals surface area contributed by atoms with Crippen LogP contribution in [0.5, 0.6) is 0 Å². The summed E-state index contributed by atoms with van der Waals surface area (Å²) in [5.41, 5.74) is 6.45. The van der Waals surface area contributed by atoms with Crippen LogP contribution in [0.3, 0.4) is 0 Å². The minimum Gasteiger partial charge on any atom is -0.368 e. The molecule has 0 saturated carbocycles. The van der Waals surface area contributed by atoms with E-state index < -0.39 is 4.33 Å². The molecule has 2 rings (SSSR count). The summed E-state index contributed by atoms with van der Waals surface area (Å²) < 4.78 is -1.03. The van der Waals surface area contributed by atoms with Gasteiger partial charge in [-0.1, -0.05) is 23.2 Å². The summed E-state index contributed by atoms with van der Waals surface area (Å²) in [5.74, 6) is -0.0486. The summed E-state index contributed by atoms with van der Waals surface area (Å²) in [6.07, 6.45) is 4.90. The molecular formula is C8H7Cl2N5. The fraction of sp³-hybridized carbons (Fsp3) is 0.125. The Balaban J connectivity index is 2.32. The number of hydrogen-bond acceptors (Lipinski definition) is 1. The molecule has 4 N–H and O–H groups in total. The van der Waals surface area contributed by atoms with Crippen LogP contribution in [-0.2, 0) is 0 Å². The Morgan fingerprint density at radius 2 is 2.33 bits per heavy atom. The fourth-order valence-corrected chi connectivity index (χ4v) is 1.57. The average molecular weight is 244 g/mol. The van der Waals surface area contributed by atoms with E-state index in [9.17, 15) is 0 Å². The van der Waals surface area contributed by atoms with Crippen LogP contribution in [0.4, 0.5) is 0 Å². The quantitative estimate of drug-likeness (QED) is 0.336. The third kappa shape index (κ3) is 2.19.